The first kappa shape index (κ1) is 15.3. The molecule has 1 aliphatic carbocycles. The van der Waals surface area contributed by atoms with Crippen LogP contribution >= 0.6 is 0 Å². The molecule has 1 aromatic carbocycles. The summed E-state index contributed by atoms with van der Waals surface area (Å²) in [6.45, 7) is 0. The zero-order valence-corrected chi connectivity index (χ0v) is 14.1. The van der Waals surface area contributed by atoms with Crippen LogP contribution in [0.2, 0.25) is 0 Å². The van der Waals surface area contributed by atoms with Gasteiger partial charge in [0.05, 0.1) is 30.1 Å². The molecule has 1 aliphatic heterocycles. The Bertz CT molecular complexity index is 986. The molecule has 132 valence electrons. The molecule has 2 aromatic heterocycles. The van der Waals surface area contributed by atoms with Crippen LogP contribution < -0.4 is 5.32 Å². The van der Waals surface area contributed by atoms with Crippen molar-refractivity contribution in [2.24, 2.45) is 11.1 Å². The highest BCUT2D eigenvalue weighted by atomic mass is 16.6. The van der Waals surface area contributed by atoms with E-state index in [9.17, 15) is 5.11 Å². The van der Waals surface area contributed by atoms with Gasteiger partial charge in [0, 0.05) is 7.05 Å². The molecule has 0 radical (unpaired) electrons. The molecule has 3 aromatic rings. The van der Waals surface area contributed by atoms with Crippen LogP contribution in [0.25, 0.3) is 11.2 Å². The van der Waals surface area contributed by atoms with E-state index in [4.69, 9.17) is 4.84 Å². The van der Waals surface area contributed by atoms with Crippen LogP contribution in [0, 0.1) is 5.92 Å². The molecule has 1 fully saturated rings. The number of anilines is 1. The summed E-state index contributed by atoms with van der Waals surface area (Å²) in [4.78, 5) is 18.8. The quantitative estimate of drug-likeness (QED) is 0.744. The number of aliphatic hydroxyl groups excluding tert-OH is 1. The lowest BCUT2D eigenvalue weighted by Crippen LogP contribution is -2.29. The number of imidazole rings is 1. The average molecular weight is 350 g/mol. The Hall–Kier alpha value is -3.00. The molecular formula is C18H18N6O2. The van der Waals surface area contributed by atoms with Gasteiger partial charge in [-0.15, -0.1) is 0 Å². The SMILES string of the molecule is CNc1ncnc2c1ncn2[C@@H]1C[C@H](O)[C@H]2C(c3ccccc3)=NO[C@H]21. The maximum Gasteiger partial charge on any atom is 0.165 e. The van der Waals surface area contributed by atoms with E-state index in [1.807, 2.05) is 34.9 Å². The van der Waals surface area contributed by atoms with Crippen LogP contribution in [0.3, 0.4) is 0 Å². The minimum Gasteiger partial charge on any atom is -0.392 e. The lowest BCUT2D eigenvalue weighted by molar-refractivity contribution is 0.0380. The second-order valence-electron chi connectivity index (χ2n) is 6.61. The lowest BCUT2D eigenvalue weighted by atomic mass is 9.92. The molecule has 0 saturated heterocycles. The fourth-order valence-corrected chi connectivity index (χ4v) is 4.04. The molecule has 0 bridgehead atoms. The maximum absolute atomic E-state index is 10.7. The number of hydrogen-bond donors (Lipinski definition) is 2. The van der Waals surface area contributed by atoms with Crippen LogP contribution in [0.15, 0.2) is 48.1 Å². The molecule has 26 heavy (non-hydrogen) atoms. The van der Waals surface area contributed by atoms with Crippen LogP contribution in [-0.2, 0) is 4.84 Å². The predicted octanol–water partition coefficient (Wildman–Crippen LogP) is 1.59. The summed E-state index contributed by atoms with van der Waals surface area (Å²) in [7, 11) is 1.80. The normalized spacial score (nSPS) is 27.2. The summed E-state index contributed by atoms with van der Waals surface area (Å²) < 4.78 is 1.97. The number of rotatable bonds is 3. The molecule has 2 aliphatic rings. The molecule has 0 unspecified atom stereocenters. The summed E-state index contributed by atoms with van der Waals surface area (Å²) in [5.41, 5.74) is 3.21. The monoisotopic (exact) mass is 350 g/mol. The largest absolute Gasteiger partial charge is 0.392 e. The van der Waals surface area contributed by atoms with Crippen LogP contribution in [0.5, 0.6) is 0 Å². The topological polar surface area (TPSA) is 97.5 Å². The summed E-state index contributed by atoms with van der Waals surface area (Å²) in [5, 5.41) is 18.1. The fraction of sp³-hybridized carbons (Fsp3) is 0.333. The van der Waals surface area contributed by atoms with E-state index in [0.29, 0.717) is 17.8 Å². The molecule has 5 rings (SSSR count). The van der Waals surface area contributed by atoms with E-state index < -0.39 is 6.10 Å². The number of fused-ring (bicyclic) bond motifs is 2. The zero-order valence-electron chi connectivity index (χ0n) is 14.1. The molecule has 8 heteroatoms. The van der Waals surface area contributed by atoms with E-state index in [2.05, 4.69) is 25.4 Å². The first-order valence-electron chi connectivity index (χ1n) is 8.60. The fourth-order valence-electron chi connectivity index (χ4n) is 4.04. The van der Waals surface area contributed by atoms with Gasteiger partial charge in [0.2, 0.25) is 0 Å². The highest BCUT2D eigenvalue weighted by Crippen LogP contribution is 2.44. The van der Waals surface area contributed by atoms with Crippen molar-refractivity contribution in [1.29, 1.82) is 0 Å². The third kappa shape index (κ3) is 2.12. The number of aliphatic hydroxyl groups is 1. The van der Waals surface area contributed by atoms with Crippen molar-refractivity contribution in [3.05, 3.63) is 48.5 Å². The second kappa shape index (κ2) is 5.77. The Balaban J connectivity index is 1.52. The number of hydrogen-bond acceptors (Lipinski definition) is 7. The van der Waals surface area contributed by atoms with Gasteiger partial charge in [-0.3, -0.25) is 0 Å². The van der Waals surface area contributed by atoms with Crippen molar-refractivity contribution in [3.8, 4) is 0 Å². The van der Waals surface area contributed by atoms with Crippen molar-refractivity contribution in [2.75, 3.05) is 12.4 Å². The first-order chi connectivity index (χ1) is 12.8. The highest BCUT2D eigenvalue weighted by Gasteiger charge is 2.52. The number of oxime groups is 1. The standard InChI is InChI=1S/C18H18N6O2/c1-19-17-15-18(21-8-20-17)24(9-22-15)11-7-12(25)13-14(23-26-16(11)13)10-5-3-2-4-6-10/h2-6,8-9,11-13,16,25H,7H2,1H3,(H,19,20,21)/t11-,12+,13+,16+/m1/s1. The van der Waals surface area contributed by atoms with Gasteiger partial charge in [0.1, 0.15) is 11.8 Å². The Kier molecular flexibility index (Phi) is 3.39. The van der Waals surface area contributed by atoms with Crippen molar-refractivity contribution in [3.63, 3.8) is 0 Å². The molecule has 0 spiro atoms. The minimum absolute atomic E-state index is 0.0930. The van der Waals surface area contributed by atoms with Crippen molar-refractivity contribution < 1.29 is 9.94 Å². The summed E-state index contributed by atoms with van der Waals surface area (Å²) in [6.07, 6.45) is 3.03. The van der Waals surface area contributed by atoms with Crippen molar-refractivity contribution >= 4 is 22.7 Å². The Labute approximate surface area is 149 Å². The third-order valence-corrected chi connectivity index (χ3v) is 5.24. The van der Waals surface area contributed by atoms with E-state index in [0.717, 1.165) is 16.9 Å². The highest BCUT2D eigenvalue weighted by molar-refractivity contribution is 6.03. The number of aromatic nitrogens is 4. The third-order valence-electron chi connectivity index (χ3n) is 5.24. The summed E-state index contributed by atoms with van der Waals surface area (Å²) >= 11 is 0. The van der Waals surface area contributed by atoms with E-state index >= 15 is 0 Å². The second-order valence-corrected chi connectivity index (χ2v) is 6.61. The van der Waals surface area contributed by atoms with Crippen molar-refractivity contribution in [1.82, 2.24) is 19.5 Å². The van der Waals surface area contributed by atoms with Gasteiger partial charge in [-0.25, -0.2) is 15.0 Å². The van der Waals surface area contributed by atoms with Gasteiger partial charge in [-0.2, -0.15) is 0 Å². The first-order valence-corrected chi connectivity index (χ1v) is 8.60. The van der Waals surface area contributed by atoms with Gasteiger partial charge < -0.3 is 19.8 Å². The number of nitrogens with one attached hydrogen (secondary N) is 1. The lowest BCUT2D eigenvalue weighted by Gasteiger charge is -2.18. The van der Waals surface area contributed by atoms with Gasteiger partial charge in [0.25, 0.3) is 0 Å². The van der Waals surface area contributed by atoms with Crippen LogP contribution in [0.1, 0.15) is 18.0 Å². The van der Waals surface area contributed by atoms with E-state index in [1.54, 1.807) is 13.4 Å². The van der Waals surface area contributed by atoms with E-state index in [1.165, 1.54) is 6.33 Å². The number of benzene rings is 1. The summed E-state index contributed by atoms with van der Waals surface area (Å²) in [6, 6.07) is 9.77. The zero-order chi connectivity index (χ0) is 17.7. The maximum atomic E-state index is 10.7. The Morgan fingerprint density at radius 1 is 1.19 bits per heavy atom. The van der Waals surface area contributed by atoms with Crippen LogP contribution in [0.4, 0.5) is 5.82 Å². The van der Waals surface area contributed by atoms with Gasteiger partial charge in [-0.1, -0.05) is 35.5 Å². The Morgan fingerprint density at radius 2 is 2.04 bits per heavy atom. The average Bonchev–Trinajstić information content (AvgIpc) is 3.37. The predicted molar refractivity (Wildman–Crippen MR) is 95.9 cm³/mol. The van der Waals surface area contributed by atoms with Crippen LogP contribution in [-0.4, -0.2) is 49.6 Å². The molecule has 3 heterocycles. The molecule has 4 atom stereocenters. The number of nitrogens with zero attached hydrogens (tertiary/aromatic N) is 5. The minimum atomic E-state index is -0.533. The van der Waals surface area contributed by atoms with Gasteiger partial charge >= 0.3 is 0 Å². The molecule has 1 saturated carbocycles. The summed E-state index contributed by atoms with van der Waals surface area (Å²) in [5.74, 6) is 0.517. The smallest absolute Gasteiger partial charge is 0.165 e. The van der Waals surface area contributed by atoms with E-state index in [-0.39, 0.29) is 18.1 Å². The van der Waals surface area contributed by atoms with Gasteiger partial charge in [0.15, 0.2) is 17.6 Å². The molecule has 8 nitrogen and oxygen atoms in total. The molecule has 2 N–H and O–H groups in total. The van der Waals surface area contributed by atoms with Crippen molar-refractivity contribution in [2.45, 2.75) is 24.7 Å². The Morgan fingerprint density at radius 3 is 2.85 bits per heavy atom. The molecule has 0 amide bonds. The molecular weight excluding hydrogens is 332 g/mol. The van der Waals surface area contributed by atoms with Gasteiger partial charge in [-0.05, 0) is 12.0 Å².